The molecular weight excluding hydrogens is 225 g/mol. The van der Waals surface area contributed by atoms with Gasteiger partial charge in [-0.15, -0.1) is 0 Å². The largest absolute Gasteiger partial charge is 0.385 e. The Hall–Kier alpha value is -1.46. The van der Waals surface area contributed by atoms with Crippen LogP contribution in [0.4, 0.5) is 4.39 Å². The number of carbonyl (C=O) groups excluding carboxylic acids is 1. The first-order valence-corrected chi connectivity index (χ1v) is 5.35. The van der Waals surface area contributed by atoms with Gasteiger partial charge in [0.15, 0.2) is 6.10 Å². The predicted molar refractivity (Wildman–Crippen MR) is 60.9 cm³/mol. The number of ether oxygens (including phenoxy) is 1. The molecule has 4 nitrogen and oxygen atoms in total. The Morgan fingerprint density at radius 3 is 2.71 bits per heavy atom. The SMILES string of the molecule is COCCCNC(=O)C(O)c1ccc(F)cc1. The number of aliphatic hydroxyl groups is 1. The van der Waals surface area contributed by atoms with Crippen molar-refractivity contribution in [3.8, 4) is 0 Å². The number of carbonyl (C=O) groups is 1. The normalized spacial score (nSPS) is 12.2. The molecule has 1 atom stereocenters. The van der Waals surface area contributed by atoms with E-state index in [1.54, 1.807) is 7.11 Å². The Bertz CT molecular complexity index is 353. The number of methoxy groups -OCH3 is 1. The molecule has 0 spiro atoms. The lowest BCUT2D eigenvalue weighted by molar-refractivity contribution is -0.129. The van der Waals surface area contributed by atoms with Gasteiger partial charge in [-0.2, -0.15) is 0 Å². The smallest absolute Gasteiger partial charge is 0.253 e. The van der Waals surface area contributed by atoms with E-state index in [9.17, 15) is 14.3 Å². The van der Waals surface area contributed by atoms with E-state index in [-0.39, 0.29) is 0 Å². The van der Waals surface area contributed by atoms with Gasteiger partial charge in [0.05, 0.1) is 0 Å². The first-order chi connectivity index (χ1) is 8.15. The summed E-state index contributed by atoms with van der Waals surface area (Å²) in [5.41, 5.74) is 0.371. The lowest BCUT2D eigenvalue weighted by Crippen LogP contribution is -2.30. The Morgan fingerprint density at radius 1 is 1.47 bits per heavy atom. The van der Waals surface area contributed by atoms with Crippen LogP contribution in [0.5, 0.6) is 0 Å². The van der Waals surface area contributed by atoms with Crippen LogP contribution < -0.4 is 5.32 Å². The number of hydrogen-bond donors (Lipinski definition) is 2. The van der Waals surface area contributed by atoms with Crippen molar-refractivity contribution in [2.45, 2.75) is 12.5 Å². The van der Waals surface area contributed by atoms with E-state index < -0.39 is 17.8 Å². The Kier molecular flexibility index (Phi) is 5.59. The average Bonchev–Trinajstić information content (AvgIpc) is 2.34. The van der Waals surface area contributed by atoms with Crippen molar-refractivity contribution in [3.05, 3.63) is 35.6 Å². The number of hydrogen-bond acceptors (Lipinski definition) is 3. The molecule has 0 heterocycles. The van der Waals surface area contributed by atoms with Crippen molar-refractivity contribution in [3.63, 3.8) is 0 Å². The third-order valence-electron chi connectivity index (χ3n) is 2.26. The zero-order valence-corrected chi connectivity index (χ0v) is 9.65. The molecule has 17 heavy (non-hydrogen) atoms. The fourth-order valence-corrected chi connectivity index (χ4v) is 1.32. The van der Waals surface area contributed by atoms with E-state index in [1.165, 1.54) is 24.3 Å². The zero-order chi connectivity index (χ0) is 12.7. The van der Waals surface area contributed by atoms with Crippen LogP contribution in [0, 0.1) is 5.82 Å². The minimum absolute atomic E-state index is 0.371. The molecular formula is C12H16FNO3. The monoisotopic (exact) mass is 241 g/mol. The second kappa shape index (κ2) is 6.98. The highest BCUT2D eigenvalue weighted by Crippen LogP contribution is 2.13. The number of amides is 1. The molecule has 1 aromatic carbocycles. The molecule has 0 aliphatic carbocycles. The Balaban J connectivity index is 2.43. The van der Waals surface area contributed by atoms with E-state index in [0.29, 0.717) is 25.1 Å². The molecule has 0 fully saturated rings. The van der Waals surface area contributed by atoms with Gasteiger partial charge in [0.2, 0.25) is 0 Å². The van der Waals surface area contributed by atoms with Gasteiger partial charge < -0.3 is 15.2 Å². The third kappa shape index (κ3) is 4.50. The van der Waals surface area contributed by atoms with Crippen LogP contribution >= 0.6 is 0 Å². The summed E-state index contributed by atoms with van der Waals surface area (Å²) in [5, 5.41) is 12.2. The summed E-state index contributed by atoms with van der Waals surface area (Å²) in [7, 11) is 1.58. The minimum Gasteiger partial charge on any atom is -0.385 e. The van der Waals surface area contributed by atoms with Gasteiger partial charge in [0.1, 0.15) is 5.82 Å². The van der Waals surface area contributed by atoms with Crippen molar-refractivity contribution < 1.29 is 19.0 Å². The van der Waals surface area contributed by atoms with Crippen molar-refractivity contribution in [2.75, 3.05) is 20.3 Å². The van der Waals surface area contributed by atoms with E-state index in [4.69, 9.17) is 4.74 Å². The van der Waals surface area contributed by atoms with Crippen LogP contribution in [0.3, 0.4) is 0 Å². The van der Waals surface area contributed by atoms with E-state index in [0.717, 1.165) is 0 Å². The van der Waals surface area contributed by atoms with Gasteiger partial charge in [-0.05, 0) is 24.1 Å². The molecule has 1 unspecified atom stereocenters. The van der Waals surface area contributed by atoms with Crippen molar-refractivity contribution in [1.82, 2.24) is 5.32 Å². The van der Waals surface area contributed by atoms with Gasteiger partial charge >= 0.3 is 0 Å². The fourth-order valence-electron chi connectivity index (χ4n) is 1.32. The fraction of sp³-hybridized carbons (Fsp3) is 0.417. The van der Waals surface area contributed by atoms with E-state index in [2.05, 4.69) is 5.32 Å². The van der Waals surface area contributed by atoms with Crippen LogP contribution in [0.25, 0.3) is 0 Å². The molecule has 0 aliphatic rings. The molecule has 0 aromatic heterocycles. The standard InChI is InChI=1S/C12H16FNO3/c1-17-8-2-7-14-12(16)11(15)9-3-5-10(13)6-4-9/h3-6,11,15H,2,7-8H2,1H3,(H,14,16). The number of aliphatic hydroxyl groups excluding tert-OH is 1. The van der Waals surface area contributed by atoms with Crippen LogP contribution in [-0.4, -0.2) is 31.3 Å². The predicted octanol–water partition coefficient (Wildman–Crippen LogP) is 1.01. The lowest BCUT2D eigenvalue weighted by atomic mass is 10.1. The molecule has 1 rings (SSSR count). The highest BCUT2D eigenvalue weighted by Gasteiger charge is 2.16. The molecule has 0 radical (unpaired) electrons. The molecule has 0 saturated heterocycles. The summed E-state index contributed by atoms with van der Waals surface area (Å²) in [6.45, 7) is 0.984. The van der Waals surface area contributed by atoms with Gasteiger partial charge in [-0.1, -0.05) is 12.1 Å². The number of halogens is 1. The molecule has 5 heteroatoms. The first kappa shape index (κ1) is 13.6. The Labute approximate surface area is 99.4 Å². The van der Waals surface area contributed by atoms with Crippen molar-refractivity contribution in [1.29, 1.82) is 0 Å². The maximum absolute atomic E-state index is 12.6. The minimum atomic E-state index is -1.27. The summed E-state index contributed by atoms with van der Waals surface area (Å²) in [6.07, 6.45) is -0.587. The average molecular weight is 241 g/mol. The second-order valence-electron chi connectivity index (χ2n) is 3.59. The summed E-state index contributed by atoms with van der Waals surface area (Å²) in [4.78, 5) is 11.5. The van der Waals surface area contributed by atoms with Crippen LogP contribution in [0.15, 0.2) is 24.3 Å². The van der Waals surface area contributed by atoms with Crippen LogP contribution in [0.2, 0.25) is 0 Å². The third-order valence-corrected chi connectivity index (χ3v) is 2.26. The summed E-state index contributed by atoms with van der Waals surface area (Å²) < 4.78 is 17.5. The highest BCUT2D eigenvalue weighted by molar-refractivity contribution is 5.81. The quantitative estimate of drug-likeness (QED) is 0.731. The van der Waals surface area contributed by atoms with Crippen LogP contribution in [-0.2, 0) is 9.53 Å². The zero-order valence-electron chi connectivity index (χ0n) is 9.65. The van der Waals surface area contributed by atoms with Crippen molar-refractivity contribution in [2.24, 2.45) is 0 Å². The maximum atomic E-state index is 12.6. The topological polar surface area (TPSA) is 58.6 Å². The summed E-state index contributed by atoms with van der Waals surface area (Å²) >= 11 is 0. The van der Waals surface area contributed by atoms with Gasteiger partial charge in [-0.25, -0.2) is 4.39 Å². The number of benzene rings is 1. The highest BCUT2D eigenvalue weighted by atomic mass is 19.1. The van der Waals surface area contributed by atoms with Gasteiger partial charge in [0.25, 0.3) is 5.91 Å². The maximum Gasteiger partial charge on any atom is 0.253 e. The summed E-state index contributed by atoms with van der Waals surface area (Å²) in [6, 6.07) is 5.18. The Morgan fingerprint density at radius 2 is 2.12 bits per heavy atom. The van der Waals surface area contributed by atoms with E-state index >= 15 is 0 Å². The molecule has 2 N–H and O–H groups in total. The van der Waals surface area contributed by atoms with Gasteiger partial charge in [-0.3, -0.25) is 4.79 Å². The number of nitrogens with one attached hydrogen (secondary N) is 1. The molecule has 94 valence electrons. The molecule has 0 saturated carbocycles. The lowest BCUT2D eigenvalue weighted by Gasteiger charge is -2.11. The first-order valence-electron chi connectivity index (χ1n) is 5.35. The van der Waals surface area contributed by atoms with Gasteiger partial charge in [0, 0.05) is 20.3 Å². The van der Waals surface area contributed by atoms with Crippen molar-refractivity contribution >= 4 is 5.91 Å². The van der Waals surface area contributed by atoms with Crippen LogP contribution in [0.1, 0.15) is 18.1 Å². The molecule has 1 aromatic rings. The molecule has 0 aliphatic heterocycles. The number of rotatable bonds is 6. The molecule has 0 bridgehead atoms. The van der Waals surface area contributed by atoms with E-state index in [1.807, 2.05) is 0 Å². The molecule has 1 amide bonds. The summed E-state index contributed by atoms with van der Waals surface area (Å²) in [5.74, 6) is -0.894. The second-order valence-corrected chi connectivity index (χ2v) is 3.59.